The standard InChI is InChI=1S/C18H25N3O4S2/c1-12-6-4-5-7-14(12)19-17(22)11-26-18-20-15-10-13(8-9-16(15)25-18)27(23,24)21(2)3/h8-10,12,14H,4-7,11H2,1-3H3,(H,19,22)/t12-,14-/m1/s1. The number of amides is 1. The Morgan fingerprint density at radius 3 is 2.78 bits per heavy atom. The Balaban J connectivity index is 1.64. The topological polar surface area (TPSA) is 92.5 Å². The SMILES string of the molecule is C[C@@H]1CCCC[C@H]1NC(=O)CSc1nc2cc(S(=O)(=O)N(C)C)ccc2o1. The number of fused-ring (bicyclic) bond motifs is 1. The number of aromatic nitrogens is 1. The lowest BCUT2D eigenvalue weighted by Crippen LogP contribution is -2.41. The predicted octanol–water partition coefficient (Wildman–Crippen LogP) is 2.87. The van der Waals surface area contributed by atoms with Crippen molar-refractivity contribution in [3.63, 3.8) is 0 Å². The summed E-state index contributed by atoms with van der Waals surface area (Å²) < 4.78 is 31.2. The first kappa shape index (κ1) is 20.2. The Labute approximate surface area is 163 Å². The van der Waals surface area contributed by atoms with Crippen LogP contribution in [0, 0.1) is 5.92 Å². The maximum absolute atomic E-state index is 12.2. The summed E-state index contributed by atoms with van der Waals surface area (Å²) in [7, 11) is -0.563. The molecular formula is C18H25N3O4S2. The normalized spacial score (nSPS) is 20.9. The van der Waals surface area contributed by atoms with Crippen molar-refractivity contribution in [1.82, 2.24) is 14.6 Å². The molecule has 1 aromatic carbocycles. The zero-order valence-electron chi connectivity index (χ0n) is 15.8. The molecule has 1 fully saturated rings. The van der Waals surface area contributed by atoms with E-state index < -0.39 is 10.0 Å². The molecule has 0 aliphatic heterocycles. The first-order valence-corrected chi connectivity index (χ1v) is 11.4. The van der Waals surface area contributed by atoms with Gasteiger partial charge in [-0.25, -0.2) is 17.7 Å². The van der Waals surface area contributed by atoms with Crippen LogP contribution in [-0.4, -0.2) is 49.5 Å². The number of rotatable bonds is 6. The van der Waals surface area contributed by atoms with Gasteiger partial charge in [-0.05, 0) is 37.0 Å². The molecule has 1 aliphatic carbocycles. The summed E-state index contributed by atoms with van der Waals surface area (Å²) in [4.78, 5) is 16.7. The Morgan fingerprint density at radius 2 is 2.07 bits per heavy atom. The number of carbonyl (C=O) groups excluding carboxylic acids is 1. The second kappa shape index (κ2) is 8.20. The second-order valence-electron chi connectivity index (χ2n) is 7.12. The molecule has 2 aromatic rings. The van der Waals surface area contributed by atoms with E-state index in [4.69, 9.17) is 4.42 Å². The van der Waals surface area contributed by atoms with Gasteiger partial charge in [0.25, 0.3) is 5.22 Å². The summed E-state index contributed by atoms with van der Waals surface area (Å²) in [6.45, 7) is 2.18. The minimum atomic E-state index is -3.53. The predicted molar refractivity (Wildman–Crippen MR) is 105 cm³/mol. The van der Waals surface area contributed by atoms with Gasteiger partial charge >= 0.3 is 0 Å². The number of carbonyl (C=O) groups is 1. The van der Waals surface area contributed by atoms with Crippen molar-refractivity contribution in [2.45, 2.75) is 48.8 Å². The molecular weight excluding hydrogens is 386 g/mol. The van der Waals surface area contributed by atoms with Crippen molar-refractivity contribution in [3.8, 4) is 0 Å². The van der Waals surface area contributed by atoms with Crippen molar-refractivity contribution in [1.29, 1.82) is 0 Å². The summed E-state index contributed by atoms with van der Waals surface area (Å²) in [5.74, 6) is 0.699. The third kappa shape index (κ3) is 4.64. The first-order chi connectivity index (χ1) is 12.8. The van der Waals surface area contributed by atoms with Gasteiger partial charge in [0.05, 0.1) is 10.6 Å². The molecule has 1 amide bonds. The number of sulfonamides is 1. The number of hydrogen-bond acceptors (Lipinski definition) is 6. The van der Waals surface area contributed by atoms with Crippen molar-refractivity contribution in [2.75, 3.05) is 19.8 Å². The van der Waals surface area contributed by atoms with E-state index in [-0.39, 0.29) is 22.6 Å². The number of nitrogens with zero attached hydrogens (tertiary/aromatic N) is 2. The maximum atomic E-state index is 12.2. The first-order valence-electron chi connectivity index (χ1n) is 9.02. The number of nitrogens with one attached hydrogen (secondary N) is 1. The van der Waals surface area contributed by atoms with Crippen LogP contribution < -0.4 is 5.32 Å². The van der Waals surface area contributed by atoms with E-state index in [1.807, 2.05) is 0 Å². The fourth-order valence-corrected chi connectivity index (χ4v) is 4.80. The molecule has 0 saturated heterocycles. The van der Waals surface area contributed by atoms with Crippen LogP contribution in [0.1, 0.15) is 32.6 Å². The fourth-order valence-electron chi connectivity index (χ4n) is 3.23. The van der Waals surface area contributed by atoms with Gasteiger partial charge in [-0.1, -0.05) is 31.5 Å². The lowest BCUT2D eigenvalue weighted by Gasteiger charge is -2.29. The fraction of sp³-hybridized carbons (Fsp3) is 0.556. The Hall–Kier alpha value is -1.58. The zero-order valence-corrected chi connectivity index (χ0v) is 17.4. The largest absolute Gasteiger partial charge is 0.431 e. The number of hydrogen-bond donors (Lipinski definition) is 1. The van der Waals surface area contributed by atoms with Crippen LogP contribution in [-0.2, 0) is 14.8 Å². The van der Waals surface area contributed by atoms with Crippen LogP contribution in [0.25, 0.3) is 11.1 Å². The average molecular weight is 412 g/mol. The van der Waals surface area contributed by atoms with Gasteiger partial charge < -0.3 is 9.73 Å². The molecule has 148 valence electrons. The summed E-state index contributed by atoms with van der Waals surface area (Å²) >= 11 is 1.21. The molecule has 1 N–H and O–H groups in total. The Morgan fingerprint density at radius 1 is 1.33 bits per heavy atom. The summed E-state index contributed by atoms with van der Waals surface area (Å²) in [5, 5.41) is 3.46. The quantitative estimate of drug-likeness (QED) is 0.735. The van der Waals surface area contributed by atoms with E-state index >= 15 is 0 Å². The second-order valence-corrected chi connectivity index (χ2v) is 10.2. The van der Waals surface area contributed by atoms with Gasteiger partial charge in [-0.15, -0.1) is 0 Å². The monoisotopic (exact) mass is 411 g/mol. The van der Waals surface area contributed by atoms with E-state index in [1.165, 1.54) is 44.4 Å². The highest BCUT2D eigenvalue weighted by molar-refractivity contribution is 7.99. The molecule has 7 nitrogen and oxygen atoms in total. The minimum Gasteiger partial charge on any atom is -0.431 e. The molecule has 0 spiro atoms. The van der Waals surface area contributed by atoms with E-state index in [0.717, 1.165) is 23.6 Å². The summed E-state index contributed by atoms with van der Waals surface area (Å²) in [6.07, 6.45) is 4.58. The number of thioether (sulfide) groups is 1. The van der Waals surface area contributed by atoms with Crippen LogP contribution in [0.3, 0.4) is 0 Å². The molecule has 0 unspecified atom stereocenters. The molecule has 9 heteroatoms. The molecule has 2 atom stereocenters. The van der Waals surface area contributed by atoms with Crippen LogP contribution >= 0.6 is 11.8 Å². The molecule has 1 aliphatic rings. The highest BCUT2D eigenvalue weighted by Gasteiger charge is 2.23. The molecule has 1 aromatic heterocycles. The highest BCUT2D eigenvalue weighted by atomic mass is 32.2. The van der Waals surface area contributed by atoms with Crippen LogP contribution in [0.4, 0.5) is 0 Å². The van der Waals surface area contributed by atoms with Crippen molar-refractivity contribution < 1.29 is 17.6 Å². The molecule has 1 saturated carbocycles. The molecule has 0 bridgehead atoms. The summed E-state index contributed by atoms with van der Waals surface area (Å²) in [6, 6.07) is 4.82. The number of benzene rings is 1. The van der Waals surface area contributed by atoms with Crippen LogP contribution in [0.5, 0.6) is 0 Å². The molecule has 3 rings (SSSR count). The van der Waals surface area contributed by atoms with Crippen molar-refractivity contribution in [3.05, 3.63) is 18.2 Å². The minimum absolute atomic E-state index is 0.0307. The van der Waals surface area contributed by atoms with Gasteiger partial charge in [0.1, 0.15) is 5.52 Å². The van der Waals surface area contributed by atoms with Gasteiger partial charge in [0.2, 0.25) is 15.9 Å². The van der Waals surface area contributed by atoms with Crippen LogP contribution in [0.2, 0.25) is 0 Å². The Kier molecular flexibility index (Phi) is 6.12. The average Bonchev–Trinajstić information content (AvgIpc) is 3.04. The third-order valence-electron chi connectivity index (χ3n) is 4.90. The summed E-state index contributed by atoms with van der Waals surface area (Å²) in [5.41, 5.74) is 0.957. The number of oxazole rings is 1. The molecule has 27 heavy (non-hydrogen) atoms. The third-order valence-corrected chi connectivity index (χ3v) is 7.54. The lowest BCUT2D eigenvalue weighted by molar-refractivity contribution is -0.119. The maximum Gasteiger partial charge on any atom is 0.257 e. The smallest absolute Gasteiger partial charge is 0.257 e. The van der Waals surface area contributed by atoms with E-state index in [2.05, 4.69) is 17.2 Å². The highest BCUT2D eigenvalue weighted by Crippen LogP contribution is 2.27. The van der Waals surface area contributed by atoms with Crippen molar-refractivity contribution >= 4 is 38.8 Å². The zero-order chi connectivity index (χ0) is 19.6. The molecule has 1 heterocycles. The van der Waals surface area contributed by atoms with Gasteiger partial charge in [-0.2, -0.15) is 0 Å². The lowest BCUT2D eigenvalue weighted by atomic mass is 9.86. The van der Waals surface area contributed by atoms with E-state index in [0.29, 0.717) is 22.2 Å². The van der Waals surface area contributed by atoms with Gasteiger partial charge in [-0.3, -0.25) is 4.79 Å². The van der Waals surface area contributed by atoms with Crippen LogP contribution in [0.15, 0.2) is 32.7 Å². The van der Waals surface area contributed by atoms with E-state index in [1.54, 1.807) is 6.07 Å². The van der Waals surface area contributed by atoms with Gasteiger partial charge in [0.15, 0.2) is 5.58 Å². The van der Waals surface area contributed by atoms with Crippen molar-refractivity contribution in [2.24, 2.45) is 5.92 Å². The van der Waals surface area contributed by atoms with E-state index in [9.17, 15) is 13.2 Å². The Bertz CT molecular complexity index is 924. The molecule has 0 radical (unpaired) electrons. The van der Waals surface area contributed by atoms with Gasteiger partial charge in [0, 0.05) is 20.1 Å².